The number of nitrogens with zero attached hydrogens (tertiary/aromatic N) is 2. The Morgan fingerprint density at radius 3 is 2.78 bits per heavy atom. The molecule has 100 valence electrons. The van der Waals surface area contributed by atoms with Gasteiger partial charge >= 0.3 is 5.97 Å². The van der Waals surface area contributed by atoms with Crippen LogP contribution in [0, 0.1) is 0 Å². The number of hydrogen-bond acceptors (Lipinski definition) is 6. The lowest BCUT2D eigenvalue weighted by atomic mass is 10.4. The second-order valence-corrected chi connectivity index (χ2v) is 4.39. The van der Waals surface area contributed by atoms with E-state index in [1.165, 1.54) is 11.3 Å². The van der Waals surface area contributed by atoms with E-state index in [9.17, 15) is 9.59 Å². The Labute approximate surface area is 110 Å². The summed E-state index contributed by atoms with van der Waals surface area (Å²) in [5, 5.41) is 5.01. The first-order chi connectivity index (χ1) is 8.65. The summed E-state index contributed by atoms with van der Waals surface area (Å²) >= 11 is 1.35. The lowest BCUT2D eigenvalue weighted by Gasteiger charge is -2.18. The molecule has 1 heterocycles. The third-order valence-corrected chi connectivity index (χ3v) is 2.84. The molecule has 6 nitrogen and oxygen atoms in total. The average molecular weight is 271 g/mol. The number of carbonyl (C=O) groups excluding carboxylic acids is 2. The molecule has 0 aliphatic rings. The van der Waals surface area contributed by atoms with Crippen LogP contribution in [-0.2, 0) is 14.3 Å². The van der Waals surface area contributed by atoms with Gasteiger partial charge in [-0.15, -0.1) is 11.3 Å². The van der Waals surface area contributed by atoms with Gasteiger partial charge in [-0.25, -0.2) is 4.98 Å². The molecule has 0 aliphatic carbocycles. The van der Waals surface area contributed by atoms with Crippen LogP contribution in [-0.4, -0.2) is 48.0 Å². The highest BCUT2D eigenvalue weighted by molar-refractivity contribution is 7.13. The number of anilines is 1. The van der Waals surface area contributed by atoms with Gasteiger partial charge in [0.05, 0.1) is 19.7 Å². The molecule has 0 unspecified atom stereocenters. The highest BCUT2D eigenvalue weighted by atomic mass is 32.1. The maximum Gasteiger partial charge on any atom is 0.320 e. The van der Waals surface area contributed by atoms with Crippen molar-refractivity contribution in [2.75, 3.05) is 31.6 Å². The van der Waals surface area contributed by atoms with Gasteiger partial charge in [-0.3, -0.25) is 14.5 Å². The number of nitrogens with one attached hydrogen (secondary N) is 1. The summed E-state index contributed by atoms with van der Waals surface area (Å²) in [5.74, 6) is -0.502. The van der Waals surface area contributed by atoms with E-state index in [4.69, 9.17) is 4.74 Å². The number of esters is 1. The van der Waals surface area contributed by atoms with Gasteiger partial charge in [0.1, 0.15) is 0 Å². The summed E-state index contributed by atoms with van der Waals surface area (Å²) in [6.45, 7) is 4.86. The quantitative estimate of drug-likeness (QED) is 0.748. The molecule has 0 aromatic carbocycles. The van der Waals surface area contributed by atoms with Crippen LogP contribution in [0.1, 0.15) is 13.8 Å². The number of thiazole rings is 1. The summed E-state index contributed by atoms with van der Waals surface area (Å²) in [4.78, 5) is 28.7. The van der Waals surface area contributed by atoms with Crippen LogP contribution in [0.15, 0.2) is 11.6 Å². The number of aromatic nitrogens is 1. The predicted octanol–water partition coefficient (Wildman–Crippen LogP) is 0.967. The summed E-state index contributed by atoms with van der Waals surface area (Å²) in [5.41, 5.74) is 0. The number of ether oxygens (including phenoxy) is 1. The van der Waals surface area contributed by atoms with Gasteiger partial charge < -0.3 is 10.1 Å². The van der Waals surface area contributed by atoms with E-state index in [0.29, 0.717) is 18.3 Å². The Kier molecular flexibility index (Phi) is 6.31. The van der Waals surface area contributed by atoms with Crippen LogP contribution in [0.25, 0.3) is 0 Å². The molecule has 1 N–H and O–H groups in total. The van der Waals surface area contributed by atoms with Crippen molar-refractivity contribution >= 4 is 28.3 Å². The van der Waals surface area contributed by atoms with Crippen molar-refractivity contribution in [2.24, 2.45) is 0 Å². The molecule has 7 heteroatoms. The zero-order chi connectivity index (χ0) is 13.4. The fourth-order valence-corrected chi connectivity index (χ4v) is 1.86. The predicted molar refractivity (Wildman–Crippen MR) is 69.5 cm³/mol. The zero-order valence-corrected chi connectivity index (χ0v) is 11.3. The monoisotopic (exact) mass is 271 g/mol. The second kappa shape index (κ2) is 7.78. The van der Waals surface area contributed by atoms with E-state index >= 15 is 0 Å². The average Bonchev–Trinajstić information content (AvgIpc) is 2.81. The molecule has 0 radical (unpaired) electrons. The van der Waals surface area contributed by atoms with Crippen LogP contribution >= 0.6 is 11.3 Å². The van der Waals surface area contributed by atoms with Crippen LogP contribution in [0.2, 0.25) is 0 Å². The van der Waals surface area contributed by atoms with E-state index < -0.39 is 0 Å². The molecule has 0 saturated carbocycles. The van der Waals surface area contributed by atoms with Crippen LogP contribution in [0.3, 0.4) is 0 Å². The summed E-state index contributed by atoms with van der Waals surface area (Å²) in [7, 11) is 0. The summed E-state index contributed by atoms with van der Waals surface area (Å²) < 4.78 is 4.84. The molecular formula is C11H17N3O3S. The first-order valence-electron chi connectivity index (χ1n) is 5.73. The van der Waals surface area contributed by atoms with E-state index in [0.717, 1.165) is 0 Å². The first kappa shape index (κ1) is 14.6. The van der Waals surface area contributed by atoms with Gasteiger partial charge in [0.25, 0.3) is 0 Å². The van der Waals surface area contributed by atoms with Crippen molar-refractivity contribution in [3.63, 3.8) is 0 Å². The van der Waals surface area contributed by atoms with Gasteiger partial charge in [0.2, 0.25) is 5.91 Å². The van der Waals surface area contributed by atoms with Gasteiger partial charge in [0.15, 0.2) is 5.13 Å². The third-order valence-electron chi connectivity index (χ3n) is 2.15. The Bertz CT molecular complexity index is 381. The summed E-state index contributed by atoms with van der Waals surface area (Å²) in [6.07, 6.45) is 1.62. The minimum Gasteiger partial charge on any atom is -0.465 e. The fraction of sp³-hybridized carbons (Fsp3) is 0.545. The van der Waals surface area contributed by atoms with Crippen molar-refractivity contribution in [3.05, 3.63) is 11.6 Å². The number of hydrogen-bond donors (Lipinski definition) is 1. The summed E-state index contributed by atoms with van der Waals surface area (Å²) in [6, 6.07) is 0. The first-order valence-corrected chi connectivity index (χ1v) is 6.61. The van der Waals surface area contributed by atoms with Gasteiger partial charge in [-0.1, -0.05) is 6.92 Å². The fourth-order valence-electron chi connectivity index (χ4n) is 1.32. The standard InChI is InChI=1S/C11H17N3O3S/c1-3-14(8-10(16)17-4-2)7-9(15)13-11-12-5-6-18-11/h5-6H,3-4,7-8H2,1-2H3,(H,12,13,15). The number of rotatable bonds is 7. The largest absolute Gasteiger partial charge is 0.465 e. The molecule has 0 fully saturated rings. The van der Waals surface area contributed by atoms with Crippen molar-refractivity contribution < 1.29 is 14.3 Å². The number of amides is 1. The topological polar surface area (TPSA) is 71.5 Å². The van der Waals surface area contributed by atoms with E-state index in [1.54, 1.807) is 23.4 Å². The molecule has 1 rings (SSSR count). The Morgan fingerprint density at radius 2 is 2.22 bits per heavy atom. The number of likely N-dealkylation sites (N-methyl/N-ethyl adjacent to an activating group) is 1. The minimum atomic E-state index is -0.318. The van der Waals surface area contributed by atoms with Crippen molar-refractivity contribution in [1.82, 2.24) is 9.88 Å². The second-order valence-electron chi connectivity index (χ2n) is 3.49. The van der Waals surface area contributed by atoms with Gasteiger partial charge in [-0.2, -0.15) is 0 Å². The normalized spacial score (nSPS) is 10.4. The lowest BCUT2D eigenvalue weighted by Crippen LogP contribution is -2.37. The molecule has 1 aromatic rings. The SMILES string of the molecule is CCOC(=O)CN(CC)CC(=O)Nc1nccs1. The van der Waals surface area contributed by atoms with E-state index in [-0.39, 0.29) is 25.0 Å². The highest BCUT2D eigenvalue weighted by Crippen LogP contribution is 2.09. The molecule has 1 amide bonds. The Hall–Kier alpha value is -1.47. The minimum absolute atomic E-state index is 0.121. The van der Waals surface area contributed by atoms with Crippen molar-refractivity contribution in [3.8, 4) is 0 Å². The van der Waals surface area contributed by atoms with Crippen LogP contribution < -0.4 is 5.32 Å². The molecule has 1 aromatic heterocycles. The lowest BCUT2D eigenvalue weighted by molar-refractivity contribution is -0.144. The smallest absolute Gasteiger partial charge is 0.320 e. The Balaban J connectivity index is 2.37. The molecular weight excluding hydrogens is 254 g/mol. The molecule has 0 spiro atoms. The maximum atomic E-state index is 11.7. The molecule has 0 atom stereocenters. The van der Waals surface area contributed by atoms with Crippen LogP contribution in [0.4, 0.5) is 5.13 Å². The molecule has 0 aliphatic heterocycles. The molecule has 0 saturated heterocycles. The maximum absolute atomic E-state index is 11.7. The highest BCUT2D eigenvalue weighted by Gasteiger charge is 2.14. The van der Waals surface area contributed by atoms with E-state index in [1.807, 2.05) is 6.92 Å². The van der Waals surface area contributed by atoms with Gasteiger partial charge in [0, 0.05) is 11.6 Å². The Morgan fingerprint density at radius 1 is 1.44 bits per heavy atom. The molecule has 0 bridgehead atoms. The van der Waals surface area contributed by atoms with Crippen LogP contribution in [0.5, 0.6) is 0 Å². The third kappa shape index (κ3) is 5.24. The number of carbonyl (C=O) groups is 2. The van der Waals surface area contributed by atoms with E-state index in [2.05, 4.69) is 10.3 Å². The van der Waals surface area contributed by atoms with Gasteiger partial charge in [-0.05, 0) is 13.5 Å². The van der Waals surface area contributed by atoms with Crippen molar-refractivity contribution in [1.29, 1.82) is 0 Å². The van der Waals surface area contributed by atoms with Crippen molar-refractivity contribution in [2.45, 2.75) is 13.8 Å². The zero-order valence-electron chi connectivity index (χ0n) is 10.5. The molecule has 18 heavy (non-hydrogen) atoms.